The summed E-state index contributed by atoms with van der Waals surface area (Å²) in [6, 6.07) is 6.41. The molecule has 0 aliphatic carbocycles. The van der Waals surface area contributed by atoms with Crippen molar-refractivity contribution in [3.8, 4) is 5.75 Å². The number of esters is 1. The number of rotatable bonds is 4. The number of hydrogen-bond acceptors (Lipinski definition) is 6. The molecule has 2 heterocycles. The van der Waals surface area contributed by atoms with Crippen LogP contribution in [-0.2, 0) is 22.6 Å². The van der Waals surface area contributed by atoms with Crippen LogP contribution in [0.4, 0.5) is 10.5 Å². The van der Waals surface area contributed by atoms with Gasteiger partial charge >= 0.3 is 17.7 Å². The summed E-state index contributed by atoms with van der Waals surface area (Å²) in [4.78, 5) is 37.3. The summed E-state index contributed by atoms with van der Waals surface area (Å²) in [5, 5.41) is 4.02. The Bertz CT molecular complexity index is 838. The number of benzene rings is 1. The molecule has 23 heavy (non-hydrogen) atoms. The normalized spacial score (nSPS) is 13.1. The zero-order chi connectivity index (χ0) is 16.6. The highest BCUT2D eigenvalue weighted by atomic mass is 16.5. The van der Waals surface area contributed by atoms with Crippen LogP contribution in [0, 0.1) is 0 Å². The molecule has 0 N–H and O–H groups in total. The van der Waals surface area contributed by atoms with E-state index in [9.17, 15) is 14.4 Å². The van der Waals surface area contributed by atoms with Gasteiger partial charge in [0.15, 0.2) is 5.82 Å². The van der Waals surface area contributed by atoms with Gasteiger partial charge < -0.3 is 9.47 Å². The number of amides is 1. The van der Waals surface area contributed by atoms with E-state index in [1.165, 1.54) is 19.1 Å². The van der Waals surface area contributed by atoms with Crippen LogP contribution in [0.25, 0.3) is 0 Å². The minimum absolute atomic E-state index is 0.134. The molecule has 3 rings (SSSR count). The van der Waals surface area contributed by atoms with Gasteiger partial charge in [-0.1, -0.05) is 6.07 Å². The van der Waals surface area contributed by atoms with Gasteiger partial charge in [0, 0.05) is 11.8 Å². The van der Waals surface area contributed by atoms with Crippen molar-refractivity contribution in [3.63, 3.8) is 0 Å². The topological polar surface area (TPSA) is 95.7 Å². The van der Waals surface area contributed by atoms with Crippen LogP contribution >= 0.6 is 0 Å². The molecule has 0 unspecified atom stereocenters. The Kier molecular flexibility index (Phi) is 3.61. The summed E-state index contributed by atoms with van der Waals surface area (Å²) in [6.45, 7) is -0.197. The summed E-state index contributed by atoms with van der Waals surface area (Å²) in [5.41, 5.74) is -0.0698. The molecule has 0 spiro atoms. The van der Waals surface area contributed by atoms with E-state index < -0.39 is 17.7 Å². The van der Waals surface area contributed by atoms with E-state index in [2.05, 4.69) is 9.84 Å². The first-order valence-corrected chi connectivity index (χ1v) is 6.76. The standard InChI is InChI=1S/C14H14N4O5/c1-22-10-5-3-4-9(6-10)16-7-11-15-17(8-12(19)23-2)14(21)18(11)13(16)20/h3-6H,7-8H2,1-2H3. The van der Waals surface area contributed by atoms with E-state index in [1.54, 1.807) is 24.3 Å². The summed E-state index contributed by atoms with van der Waals surface area (Å²) in [7, 11) is 2.74. The maximum absolute atomic E-state index is 12.5. The fraction of sp³-hybridized carbons (Fsp3) is 0.286. The van der Waals surface area contributed by atoms with Crippen LogP contribution < -0.4 is 15.3 Å². The van der Waals surface area contributed by atoms with Crippen molar-refractivity contribution in [3.05, 3.63) is 40.6 Å². The maximum atomic E-state index is 12.5. The molecule has 120 valence electrons. The molecule has 1 aliphatic heterocycles. The van der Waals surface area contributed by atoms with Gasteiger partial charge in [-0.2, -0.15) is 9.67 Å². The molecule has 2 aromatic rings. The quantitative estimate of drug-likeness (QED) is 0.748. The van der Waals surface area contributed by atoms with Gasteiger partial charge in [0.25, 0.3) is 0 Å². The van der Waals surface area contributed by atoms with Crippen LogP contribution in [0.15, 0.2) is 29.1 Å². The number of ether oxygens (including phenoxy) is 2. The van der Waals surface area contributed by atoms with Gasteiger partial charge in [0.2, 0.25) is 0 Å². The predicted octanol–water partition coefficient (Wildman–Crippen LogP) is 0.215. The Balaban J connectivity index is 1.91. The van der Waals surface area contributed by atoms with Crippen LogP contribution in [0.3, 0.4) is 0 Å². The molecule has 1 aromatic heterocycles. The number of anilines is 1. The summed E-state index contributed by atoms with van der Waals surface area (Å²) < 4.78 is 11.5. The maximum Gasteiger partial charge on any atom is 0.354 e. The van der Waals surface area contributed by atoms with Crippen molar-refractivity contribution in [1.29, 1.82) is 0 Å². The number of fused-ring (bicyclic) bond motifs is 1. The highest BCUT2D eigenvalue weighted by Gasteiger charge is 2.33. The van der Waals surface area contributed by atoms with Crippen LogP contribution in [0.2, 0.25) is 0 Å². The lowest BCUT2D eigenvalue weighted by molar-refractivity contribution is -0.141. The third kappa shape index (κ3) is 2.45. The second kappa shape index (κ2) is 5.59. The Hall–Kier alpha value is -3.10. The highest BCUT2D eigenvalue weighted by molar-refractivity contribution is 5.96. The Morgan fingerprint density at radius 2 is 2.09 bits per heavy atom. The largest absolute Gasteiger partial charge is 0.497 e. The van der Waals surface area contributed by atoms with Crippen molar-refractivity contribution in [1.82, 2.24) is 14.3 Å². The van der Waals surface area contributed by atoms with E-state index in [4.69, 9.17) is 4.74 Å². The lowest BCUT2D eigenvalue weighted by Crippen LogP contribution is -2.35. The first kappa shape index (κ1) is 14.8. The number of nitrogens with zero attached hydrogens (tertiary/aromatic N) is 4. The smallest absolute Gasteiger partial charge is 0.354 e. The van der Waals surface area contributed by atoms with Crippen molar-refractivity contribution < 1.29 is 19.1 Å². The zero-order valence-corrected chi connectivity index (χ0v) is 12.6. The van der Waals surface area contributed by atoms with Gasteiger partial charge in [-0.3, -0.25) is 9.69 Å². The molecular formula is C14H14N4O5. The molecule has 0 fully saturated rings. The molecule has 9 nitrogen and oxygen atoms in total. The molecule has 1 aromatic carbocycles. The molecular weight excluding hydrogens is 304 g/mol. The lowest BCUT2D eigenvalue weighted by atomic mass is 10.3. The second-order valence-electron chi connectivity index (χ2n) is 4.84. The molecule has 1 amide bonds. The molecule has 9 heteroatoms. The van der Waals surface area contributed by atoms with Crippen LogP contribution in [-0.4, -0.2) is 40.6 Å². The summed E-state index contributed by atoms with van der Waals surface area (Å²) in [5.74, 6) is 0.260. The number of methoxy groups -OCH3 is 2. The minimum Gasteiger partial charge on any atom is -0.497 e. The first-order chi connectivity index (χ1) is 11.0. The molecule has 0 bridgehead atoms. The van der Waals surface area contributed by atoms with Crippen molar-refractivity contribution >= 4 is 17.7 Å². The van der Waals surface area contributed by atoms with Crippen molar-refractivity contribution in [2.45, 2.75) is 13.1 Å². The fourth-order valence-corrected chi connectivity index (χ4v) is 2.35. The monoisotopic (exact) mass is 318 g/mol. The fourth-order valence-electron chi connectivity index (χ4n) is 2.35. The van der Waals surface area contributed by atoms with Gasteiger partial charge in [-0.05, 0) is 12.1 Å². The molecule has 1 aliphatic rings. The van der Waals surface area contributed by atoms with E-state index in [0.29, 0.717) is 11.4 Å². The molecule has 0 saturated heterocycles. The molecule has 0 atom stereocenters. The Morgan fingerprint density at radius 1 is 1.30 bits per heavy atom. The van der Waals surface area contributed by atoms with Crippen molar-refractivity contribution in [2.75, 3.05) is 19.1 Å². The number of aromatic nitrogens is 3. The summed E-state index contributed by atoms with van der Waals surface area (Å²) in [6.07, 6.45) is 0. The van der Waals surface area contributed by atoms with E-state index in [0.717, 1.165) is 9.25 Å². The zero-order valence-electron chi connectivity index (χ0n) is 12.6. The number of carbonyl (C=O) groups excluding carboxylic acids is 2. The predicted molar refractivity (Wildman–Crippen MR) is 78.5 cm³/mol. The van der Waals surface area contributed by atoms with Gasteiger partial charge in [-0.25, -0.2) is 14.3 Å². The highest BCUT2D eigenvalue weighted by Crippen LogP contribution is 2.25. The van der Waals surface area contributed by atoms with Crippen molar-refractivity contribution in [2.24, 2.45) is 0 Å². The Labute approximate surface area is 130 Å². The van der Waals surface area contributed by atoms with Gasteiger partial charge in [-0.15, -0.1) is 0 Å². The molecule has 0 saturated carbocycles. The van der Waals surface area contributed by atoms with E-state index in [-0.39, 0.29) is 18.9 Å². The van der Waals surface area contributed by atoms with Crippen LogP contribution in [0.1, 0.15) is 5.82 Å². The van der Waals surface area contributed by atoms with E-state index in [1.807, 2.05) is 0 Å². The van der Waals surface area contributed by atoms with Gasteiger partial charge in [0.1, 0.15) is 12.3 Å². The van der Waals surface area contributed by atoms with Gasteiger partial charge in [0.05, 0.1) is 20.8 Å². The number of carbonyl (C=O) groups is 2. The van der Waals surface area contributed by atoms with Crippen LogP contribution in [0.5, 0.6) is 5.75 Å². The third-order valence-electron chi connectivity index (χ3n) is 3.50. The average molecular weight is 318 g/mol. The number of hydrogen-bond donors (Lipinski definition) is 0. The summed E-state index contributed by atoms with van der Waals surface area (Å²) >= 11 is 0. The average Bonchev–Trinajstić information content (AvgIpc) is 3.05. The lowest BCUT2D eigenvalue weighted by Gasteiger charge is -2.15. The SMILES string of the molecule is COC(=O)Cn1nc2n(c1=O)C(=O)N(c1cccc(OC)c1)C2. The first-order valence-electron chi connectivity index (χ1n) is 6.76. The second-order valence-corrected chi connectivity index (χ2v) is 4.84. The third-order valence-corrected chi connectivity index (χ3v) is 3.50. The minimum atomic E-state index is -0.666. The Morgan fingerprint density at radius 3 is 2.74 bits per heavy atom. The molecule has 0 radical (unpaired) electrons. The van der Waals surface area contributed by atoms with E-state index >= 15 is 0 Å².